The van der Waals surface area contributed by atoms with Crippen LogP contribution in [0.5, 0.6) is 0 Å². The first-order valence-electron chi connectivity index (χ1n) is 4.91. The lowest BCUT2D eigenvalue weighted by molar-refractivity contribution is -0.122. The molecule has 0 heterocycles. The Morgan fingerprint density at radius 3 is 2.14 bits per heavy atom. The van der Waals surface area contributed by atoms with E-state index in [1.54, 1.807) is 0 Å². The van der Waals surface area contributed by atoms with Gasteiger partial charge in [-0.1, -0.05) is 0 Å². The molecule has 0 unspecified atom stereocenters. The van der Waals surface area contributed by atoms with Gasteiger partial charge < -0.3 is 20.9 Å². The second-order valence-corrected chi connectivity index (χ2v) is 2.98. The zero-order chi connectivity index (χ0) is 10.6. The minimum Gasteiger partial charge on any atom is -0.381 e. The third-order valence-corrected chi connectivity index (χ3v) is 1.56. The SMILES string of the molecule is NCCCOCCCCOCC(N)=O. The van der Waals surface area contributed by atoms with E-state index in [4.69, 9.17) is 20.9 Å². The van der Waals surface area contributed by atoms with E-state index in [0.29, 0.717) is 13.2 Å². The number of unbranched alkanes of at least 4 members (excludes halogenated alkanes) is 1. The predicted molar refractivity (Wildman–Crippen MR) is 53.7 cm³/mol. The van der Waals surface area contributed by atoms with Crippen LogP contribution in [0.4, 0.5) is 0 Å². The topological polar surface area (TPSA) is 87.6 Å². The standard InChI is InChI=1S/C9H20N2O3/c10-4-3-7-13-5-1-2-6-14-8-9(11)12/h1-8,10H2,(H2,11,12). The number of amides is 1. The van der Waals surface area contributed by atoms with E-state index in [1.807, 2.05) is 0 Å². The Bertz CT molecular complexity index is 142. The van der Waals surface area contributed by atoms with Crippen LogP contribution in [0.15, 0.2) is 0 Å². The molecule has 0 fully saturated rings. The molecule has 84 valence electrons. The number of hydrogen-bond donors (Lipinski definition) is 2. The molecule has 0 rings (SSSR count). The van der Waals surface area contributed by atoms with Gasteiger partial charge in [0.25, 0.3) is 0 Å². The molecule has 1 amide bonds. The lowest BCUT2D eigenvalue weighted by atomic mass is 10.3. The smallest absolute Gasteiger partial charge is 0.243 e. The lowest BCUT2D eigenvalue weighted by Gasteiger charge is -2.03. The zero-order valence-electron chi connectivity index (χ0n) is 8.54. The van der Waals surface area contributed by atoms with Gasteiger partial charge in [-0.25, -0.2) is 0 Å². The van der Waals surface area contributed by atoms with Gasteiger partial charge in [-0.15, -0.1) is 0 Å². The van der Waals surface area contributed by atoms with E-state index in [2.05, 4.69) is 0 Å². The van der Waals surface area contributed by atoms with Crippen molar-refractivity contribution in [3.8, 4) is 0 Å². The summed E-state index contributed by atoms with van der Waals surface area (Å²) >= 11 is 0. The summed E-state index contributed by atoms with van der Waals surface area (Å²) in [6, 6.07) is 0. The van der Waals surface area contributed by atoms with Crippen LogP contribution in [0.3, 0.4) is 0 Å². The molecule has 0 spiro atoms. The first-order chi connectivity index (χ1) is 6.77. The molecule has 14 heavy (non-hydrogen) atoms. The summed E-state index contributed by atoms with van der Waals surface area (Å²) in [7, 11) is 0. The Kier molecular flexibility index (Phi) is 9.95. The van der Waals surface area contributed by atoms with Crippen molar-refractivity contribution < 1.29 is 14.3 Å². The van der Waals surface area contributed by atoms with Crippen LogP contribution in [0.25, 0.3) is 0 Å². The van der Waals surface area contributed by atoms with Crippen LogP contribution in [0, 0.1) is 0 Å². The largest absolute Gasteiger partial charge is 0.381 e. The van der Waals surface area contributed by atoms with Gasteiger partial charge in [0, 0.05) is 19.8 Å². The number of ether oxygens (including phenoxy) is 2. The fourth-order valence-electron chi connectivity index (χ4n) is 0.868. The lowest BCUT2D eigenvalue weighted by Crippen LogP contribution is -2.18. The van der Waals surface area contributed by atoms with Crippen LogP contribution < -0.4 is 11.5 Å². The molecule has 0 aromatic heterocycles. The molecule has 5 heteroatoms. The maximum absolute atomic E-state index is 10.3. The maximum atomic E-state index is 10.3. The first-order valence-corrected chi connectivity index (χ1v) is 4.91. The highest BCUT2D eigenvalue weighted by Gasteiger charge is 1.94. The molecule has 0 saturated heterocycles. The molecule has 0 aromatic carbocycles. The van der Waals surface area contributed by atoms with E-state index in [1.165, 1.54) is 0 Å². The van der Waals surface area contributed by atoms with E-state index in [-0.39, 0.29) is 6.61 Å². The molecule has 0 atom stereocenters. The van der Waals surface area contributed by atoms with Gasteiger partial charge in [-0.3, -0.25) is 4.79 Å². The first kappa shape index (κ1) is 13.4. The van der Waals surface area contributed by atoms with Gasteiger partial charge in [-0.2, -0.15) is 0 Å². The van der Waals surface area contributed by atoms with Crippen LogP contribution in [0.1, 0.15) is 19.3 Å². The Morgan fingerprint density at radius 1 is 1.00 bits per heavy atom. The van der Waals surface area contributed by atoms with Crippen molar-refractivity contribution in [3.63, 3.8) is 0 Å². The van der Waals surface area contributed by atoms with Crippen LogP contribution in [-0.2, 0) is 14.3 Å². The summed E-state index contributed by atoms with van der Waals surface area (Å²) in [6.45, 7) is 2.68. The fraction of sp³-hybridized carbons (Fsp3) is 0.889. The molecule has 0 radical (unpaired) electrons. The van der Waals surface area contributed by atoms with Crippen molar-refractivity contribution in [2.24, 2.45) is 11.5 Å². The third-order valence-electron chi connectivity index (χ3n) is 1.56. The Labute approximate surface area is 84.7 Å². The number of carbonyl (C=O) groups excluding carboxylic acids is 1. The van der Waals surface area contributed by atoms with Gasteiger partial charge >= 0.3 is 0 Å². The Balaban J connectivity index is 2.88. The average Bonchev–Trinajstić information content (AvgIpc) is 2.15. The number of hydrogen-bond acceptors (Lipinski definition) is 4. The molecular weight excluding hydrogens is 184 g/mol. The summed E-state index contributed by atoms with van der Waals surface area (Å²) in [6.07, 6.45) is 2.72. The normalized spacial score (nSPS) is 10.4. The third kappa shape index (κ3) is 11.4. The van der Waals surface area contributed by atoms with Gasteiger partial charge in [0.1, 0.15) is 6.61 Å². The predicted octanol–water partition coefficient (Wildman–Crippen LogP) is -0.366. The molecule has 0 bridgehead atoms. The van der Waals surface area contributed by atoms with Gasteiger partial charge in [-0.05, 0) is 25.8 Å². The molecule has 0 saturated carbocycles. The summed E-state index contributed by atoms with van der Waals surface area (Å²) in [5.74, 6) is -0.427. The molecule has 0 aliphatic carbocycles. The van der Waals surface area contributed by atoms with Crippen molar-refractivity contribution in [2.75, 3.05) is 33.0 Å². The monoisotopic (exact) mass is 204 g/mol. The van der Waals surface area contributed by atoms with Gasteiger partial charge in [0.2, 0.25) is 5.91 Å². The summed E-state index contributed by atoms with van der Waals surface area (Å²) in [4.78, 5) is 10.3. The number of nitrogens with two attached hydrogens (primary N) is 2. The number of rotatable bonds is 10. The zero-order valence-corrected chi connectivity index (χ0v) is 8.54. The van der Waals surface area contributed by atoms with Crippen LogP contribution in [-0.4, -0.2) is 38.9 Å². The Morgan fingerprint density at radius 2 is 1.57 bits per heavy atom. The second-order valence-electron chi connectivity index (χ2n) is 2.98. The van der Waals surface area contributed by atoms with E-state index in [9.17, 15) is 4.79 Å². The van der Waals surface area contributed by atoms with Crippen LogP contribution >= 0.6 is 0 Å². The van der Waals surface area contributed by atoms with E-state index < -0.39 is 5.91 Å². The van der Waals surface area contributed by atoms with Gasteiger partial charge in [0.15, 0.2) is 0 Å². The van der Waals surface area contributed by atoms with Crippen molar-refractivity contribution >= 4 is 5.91 Å². The molecule has 0 aromatic rings. The van der Waals surface area contributed by atoms with E-state index >= 15 is 0 Å². The van der Waals surface area contributed by atoms with Gasteiger partial charge in [0.05, 0.1) is 0 Å². The Hall–Kier alpha value is -0.650. The minimum absolute atomic E-state index is 0.00797. The molecular formula is C9H20N2O3. The maximum Gasteiger partial charge on any atom is 0.243 e. The second kappa shape index (κ2) is 10.4. The van der Waals surface area contributed by atoms with Crippen molar-refractivity contribution in [2.45, 2.75) is 19.3 Å². The average molecular weight is 204 g/mol. The summed E-state index contributed by atoms with van der Waals surface area (Å²) in [5.41, 5.74) is 10.2. The van der Waals surface area contributed by atoms with Crippen molar-refractivity contribution in [1.29, 1.82) is 0 Å². The number of carbonyl (C=O) groups is 1. The molecule has 0 aliphatic rings. The molecule has 5 nitrogen and oxygen atoms in total. The van der Waals surface area contributed by atoms with Crippen molar-refractivity contribution in [1.82, 2.24) is 0 Å². The quantitative estimate of drug-likeness (QED) is 0.475. The summed E-state index contributed by atoms with van der Waals surface area (Å²) < 4.78 is 10.2. The fourth-order valence-corrected chi connectivity index (χ4v) is 0.868. The molecule has 0 aliphatic heterocycles. The van der Waals surface area contributed by atoms with Crippen molar-refractivity contribution in [3.05, 3.63) is 0 Å². The minimum atomic E-state index is -0.427. The van der Waals surface area contributed by atoms with Crippen LogP contribution in [0.2, 0.25) is 0 Å². The summed E-state index contributed by atoms with van der Waals surface area (Å²) in [5, 5.41) is 0. The number of primary amides is 1. The highest BCUT2D eigenvalue weighted by molar-refractivity contribution is 5.74. The highest BCUT2D eigenvalue weighted by atomic mass is 16.5. The highest BCUT2D eigenvalue weighted by Crippen LogP contribution is 1.92. The molecule has 4 N–H and O–H groups in total. The van der Waals surface area contributed by atoms with E-state index in [0.717, 1.165) is 32.5 Å².